The lowest BCUT2D eigenvalue weighted by molar-refractivity contribution is 0.403. The summed E-state index contributed by atoms with van der Waals surface area (Å²) >= 11 is 5.76. The second-order valence-electron chi connectivity index (χ2n) is 8.27. The van der Waals surface area contributed by atoms with Crippen LogP contribution in [-0.2, 0) is 0 Å². The average Bonchev–Trinajstić information content (AvgIpc) is 3.33. The van der Waals surface area contributed by atoms with Crippen molar-refractivity contribution in [2.24, 2.45) is 0 Å². The Morgan fingerprint density at radius 3 is 2.60 bits per heavy atom. The van der Waals surface area contributed by atoms with E-state index in [4.69, 9.17) is 26.5 Å². The number of allylic oxidation sites excluding steroid dienone is 1. The van der Waals surface area contributed by atoms with Crippen LogP contribution in [0.1, 0.15) is 30.0 Å². The smallest absolute Gasteiger partial charge is 0.258 e. The highest BCUT2D eigenvalue weighted by atomic mass is 32.1. The second kappa shape index (κ2) is 9.31. The molecule has 1 unspecified atom stereocenters. The number of nitrogens with zero attached hydrogens (tertiary/aromatic N) is 3. The molecule has 176 valence electrons. The molecule has 2 heterocycles. The largest absolute Gasteiger partial charge is 0.497 e. The lowest BCUT2D eigenvalue weighted by Gasteiger charge is -2.37. The molecule has 0 spiro atoms. The number of benzene rings is 3. The van der Waals surface area contributed by atoms with Crippen molar-refractivity contribution in [3.8, 4) is 17.1 Å². The molecule has 0 amide bonds. The zero-order valence-electron chi connectivity index (χ0n) is 19.4. The molecular weight excluding hydrogens is 463 g/mol. The van der Waals surface area contributed by atoms with Gasteiger partial charge in [-0.1, -0.05) is 41.6 Å². The molecule has 8 heteroatoms. The molecule has 0 fully saturated rings. The number of hydrogen-bond acceptors (Lipinski definition) is 5. The fourth-order valence-corrected chi connectivity index (χ4v) is 4.61. The number of nitrogens with one attached hydrogen (secondary N) is 1. The minimum Gasteiger partial charge on any atom is -0.497 e. The van der Waals surface area contributed by atoms with Crippen LogP contribution < -0.4 is 15.0 Å². The van der Waals surface area contributed by atoms with Gasteiger partial charge in [0, 0.05) is 16.9 Å². The predicted molar refractivity (Wildman–Crippen MR) is 137 cm³/mol. The number of methoxy groups -OCH3 is 1. The maximum Gasteiger partial charge on any atom is 0.258 e. The highest BCUT2D eigenvalue weighted by Crippen LogP contribution is 2.39. The summed E-state index contributed by atoms with van der Waals surface area (Å²) < 4.78 is 25.3. The van der Waals surface area contributed by atoms with Crippen LogP contribution in [0.2, 0.25) is 0 Å². The van der Waals surface area contributed by atoms with Gasteiger partial charge in [0.05, 0.1) is 18.7 Å². The summed E-state index contributed by atoms with van der Waals surface area (Å²) in [7, 11) is 1.61. The lowest BCUT2D eigenvalue weighted by atomic mass is 9.94. The number of aryl methyl sites for hydroxylation is 1. The summed E-state index contributed by atoms with van der Waals surface area (Å²) in [6.07, 6.45) is 0. The molecule has 1 N–H and O–H groups in total. The minimum atomic E-state index is -0.474. The third-order valence-electron chi connectivity index (χ3n) is 5.91. The summed E-state index contributed by atoms with van der Waals surface area (Å²) in [4.78, 5) is 6.64. The van der Waals surface area contributed by atoms with E-state index in [0.29, 0.717) is 33.7 Å². The number of halogens is 1. The van der Waals surface area contributed by atoms with Crippen LogP contribution in [0.25, 0.3) is 17.0 Å². The number of rotatable bonds is 5. The zero-order chi connectivity index (χ0) is 24.5. The Morgan fingerprint density at radius 1 is 1.03 bits per heavy atom. The van der Waals surface area contributed by atoms with E-state index in [-0.39, 0.29) is 5.82 Å². The molecule has 0 saturated heterocycles. The second-order valence-corrected chi connectivity index (χ2v) is 8.65. The van der Waals surface area contributed by atoms with Crippen molar-refractivity contribution in [2.45, 2.75) is 19.9 Å². The van der Waals surface area contributed by atoms with Gasteiger partial charge < -0.3 is 14.6 Å². The standard InChI is InChI=1S/C27H23FN4O2S/c1-16-7-4-11-21(13-16)32-17(2)23(24(29-27(32)35)18-8-5-10-20(28)14-18)26-30-25(31-34-26)19-9-6-12-22(15-19)33-3/h4-15,24H,1-3H3,(H,29,35). The van der Waals surface area contributed by atoms with Gasteiger partial charge in [0.2, 0.25) is 5.82 Å². The summed E-state index contributed by atoms with van der Waals surface area (Å²) in [5, 5.41) is 8.08. The van der Waals surface area contributed by atoms with Crippen LogP contribution >= 0.6 is 12.2 Å². The fourth-order valence-electron chi connectivity index (χ4n) is 4.25. The first-order valence-electron chi connectivity index (χ1n) is 11.1. The zero-order valence-corrected chi connectivity index (χ0v) is 20.3. The maximum absolute atomic E-state index is 14.2. The Hall–Kier alpha value is -4.04. The van der Waals surface area contributed by atoms with Gasteiger partial charge in [-0.3, -0.25) is 4.90 Å². The molecule has 0 aliphatic carbocycles. The van der Waals surface area contributed by atoms with Crippen LogP contribution in [0.15, 0.2) is 83.0 Å². The highest BCUT2D eigenvalue weighted by molar-refractivity contribution is 7.80. The molecule has 4 aromatic rings. The third-order valence-corrected chi connectivity index (χ3v) is 6.21. The van der Waals surface area contributed by atoms with Crippen LogP contribution in [0.4, 0.5) is 10.1 Å². The van der Waals surface area contributed by atoms with Gasteiger partial charge in [0.15, 0.2) is 5.11 Å². The van der Waals surface area contributed by atoms with E-state index in [0.717, 1.165) is 22.5 Å². The Labute approximate surface area is 208 Å². The number of hydrogen-bond donors (Lipinski definition) is 1. The first-order chi connectivity index (χ1) is 16.9. The van der Waals surface area contributed by atoms with Gasteiger partial charge in [-0.15, -0.1) is 0 Å². The van der Waals surface area contributed by atoms with Crippen molar-refractivity contribution in [3.63, 3.8) is 0 Å². The quantitative estimate of drug-likeness (QED) is 0.344. The number of thiocarbonyl (C=S) groups is 1. The van der Waals surface area contributed by atoms with Gasteiger partial charge in [-0.2, -0.15) is 4.98 Å². The number of anilines is 1. The normalized spacial score (nSPS) is 15.8. The Kier molecular flexibility index (Phi) is 6.05. The van der Waals surface area contributed by atoms with Crippen LogP contribution in [0, 0.1) is 12.7 Å². The molecule has 0 bridgehead atoms. The Morgan fingerprint density at radius 2 is 1.83 bits per heavy atom. The van der Waals surface area contributed by atoms with Crippen LogP contribution in [0.3, 0.4) is 0 Å². The van der Waals surface area contributed by atoms with E-state index in [1.807, 2.05) is 73.3 Å². The van der Waals surface area contributed by atoms with E-state index in [1.165, 1.54) is 12.1 Å². The molecule has 5 rings (SSSR count). The van der Waals surface area contributed by atoms with Gasteiger partial charge in [-0.05, 0) is 73.6 Å². The molecule has 1 aliphatic heterocycles. The van der Waals surface area contributed by atoms with Crippen molar-refractivity contribution in [1.82, 2.24) is 15.5 Å². The van der Waals surface area contributed by atoms with Gasteiger partial charge in [0.25, 0.3) is 5.89 Å². The van der Waals surface area contributed by atoms with Crippen molar-refractivity contribution in [3.05, 3.63) is 101 Å². The van der Waals surface area contributed by atoms with E-state index >= 15 is 0 Å². The average molecular weight is 487 g/mol. The van der Waals surface area contributed by atoms with Crippen molar-refractivity contribution in [1.29, 1.82) is 0 Å². The van der Waals surface area contributed by atoms with Gasteiger partial charge >= 0.3 is 0 Å². The molecule has 1 aromatic heterocycles. The minimum absolute atomic E-state index is 0.322. The first kappa shape index (κ1) is 22.7. The summed E-state index contributed by atoms with van der Waals surface area (Å²) in [6, 6.07) is 21.4. The van der Waals surface area contributed by atoms with E-state index in [9.17, 15) is 4.39 Å². The van der Waals surface area contributed by atoms with Crippen molar-refractivity contribution >= 4 is 28.6 Å². The first-order valence-corrected chi connectivity index (χ1v) is 11.5. The molecule has 0 radical (unpaired) electrons. The van der Waals surface area contributed by atoms with Gasteiger partial charge in [-0.25, -0.2) is 4.39 Å². The molecular formula is C27H23FN4O2S. The van der Waals surface area contributed by atoms with E-state index in [2.05, 4.69) is 10.5 Å². The van der Waals surface area contributed by atoms with E-state index in [1.54, 1.807) is 13.2 Å². The highest BCUT2D eigenvalue weighted by Gasteiger charge is 2.35. The predicted octanol–water partition coefficient (Wildman–Crippen LogP) is 6.06. The van der Waals surface area contributed by atoms with E-state index < -0.39 is 6.04 Å². The molecule has 1 atom stereocenters. The fraction of sp³-hybridized carbons (Fsp3) is 0.148. The van der Waals surface area contributed by atoms with Crippen molar-refractivity contribution < 1.29 is 13.7 Å². The van der Waals surface area contributed by atoms with Crippen LogP contribution in [-0.4, -0.2) is 22.4 Å². The number of aromatic nitrogens is 2. The Balaban J connectivity index is 1.66. The molecule has 1 aliphatic rings. The Bertz CT molecular complexity index is 1450. The molecule has 6 nitrogen and oxygen atoms in total. The SMILES string of the molecule is COc1cccc(-c2noc(C3=C(C)N(c4cccc(C)c4)C(=S)NC3c3cccc(F)c3)n2)c1. The summed E-state index contributed by atoms with van der Waals surface area (Å²) in [5.74, 6) is 1.10. The lowest BCUT2D eigenvalue weighted by Crippen LogP contribution is -2.46. The van der Waals surface area contributed by atoms with Gasteiger partial charge in [0.1, 0.15) is 11.6 Å². The summed E-state index contributed by atoms with van der Waals surface area (Å²) in [5.41, 5.74) is 5.00. The molecule has 3 aromatic carbocycles. The third kappa shape index (κ3) is 4.40. The van der Waals surface area contributed by atoms with Crippen LogP contribution in [0.5, 0.6) is 5.75 Å². The van der Waals surface area contributed by atoms with Crippen molar-refractivity contribution in [2.75, 3.05) is 12.0 Å². The monoisotopic (exact) mass is 486 g/mol. The summed E-state index contributed by atoms with van der Waals surface area (Å²) in [6.45, 7) is 3.98. The maximum atomic E-state index is 14.2. The topological polar surface area (TPSA) is 63.4 Å². The molecule has 0 saturated carbocycles. The number of ether oxygens (including phenoxy) is 1. The molecule has 35 heavy (non-hydrogen) atoms.